The molecular weight excluding hydrogens is 152 g/mol. The van der Waals surface area contributed by atoms with Crippen LogP contribution in [0, 0.1) is 12.3 Å². The molecule has 2 heteroatoms. The van der Waals surface area contributed by atoms with Crippen LogP contribution in [0.3, 0.4) is 0 Å². The van der Waals surface area contributed by atoms with Crippen LogP contribution in [0.1, 0.15) is 39.0 Å². The fourth-order valence-corrected chi connectivity index (χ4v) is 1.52. The van der Waals surface area contributed by atoms with E-state index in [1.165, 1.54) is 19.3 Å². The number of cyclic esters (lactones) is 1. The van der Waals surface area contributed by atoms with Crippen LogP contribution in [0.25, 0.3) is 0 Å². The number of carbonyl (C=O) groups is 1. The van der Waals surface area contributed by atoms with Crippen molar-refractivity contribution >= 4 is 5.97 Å². The molecule has 1 unspecified atom stereocenters. The minimum atomic E-state index is -0.122. The lowest BCUT2D eigenvalue weighted by atomic mass is 9.93. The lowest BCUT2D eigenvalue weighted by Crippen LogP contribution is -2.21. The first-order chi connectivity index (χ1) is 5.83. The van der Waals surface area contributed by atoms with Crippen LogP contribution in [0.5, 0.6) is 0 Å². The van der Waals surface area contributed by atoms with Gasteiger partial charge in [0.1, 0.15) is 0 Å². The third-order valence-electron chi connectivity index (χ3n) is 2.28. The second-order valence-electron chi connectivity index (χ2n) is 3.38. The molecular formula is C10H17O2. The fourth-order valence-electron chi connectivity index (χ4n) is 1.52. The molecule has 0 aromatic heterocycles. The molecule has 0 amide bonds. The number of ether oxygens (including phenoxy) is 1. The third kappa shape index (κ3) is 3.24. The van der Waals surface area contributed by atoms with Gasteiger partial charge in [0.05, 0.1) is 13.0 Å². The zero-order valence-corrected chi connectivity index (χ0v) is 7.71. The normalized spacial score (nSPS) is 23.8. The molecule has 1 heterocycles. The molecule has 1 fully saturated rings. The predicted octanol–water partition coefficient (Wildman–Crippen LogP) is 2.33. The van der Waals surface area contributed by atoms with Gasteiger partial charge in [-0.3, -0.25) is 4.79 Å². The van der Waals surface area contributed by atoms with E-state index in [-0.39, 0.29) is 5.97 Å². The van der Waals surface area contributed by atoms with Crippen molar-refractivity contribution < 1.29 is 9.53 Å². The van der Waals surface area contributed by atoms with Gasteiger partial charge in [-0.05, 0) is 18.8 Å². The van der Waals surface area contributed by atoms with E-state index in [9.17, 15) is 4.79 Å². The maximum Gasteiger partial charge on any atom is 0.310 e. The Kier molecular flexibility index (Phi) is 4.12. The summed E-state index contributed by atoms with van der Waals surface area (Å²) < 4.78 is 4.82. The Hall–Kier alpha value is -0.530. The standard InChI is InChI=1S/C10H17O2/c1-2-3-4-5-9-6-7-12-10(11)8-9/h8-9H,2-7H2,1H3. The number of hydrogen-bond donors (Lipinski definition) is 0. The van der Waals surface area contributed by atoms with Gasteiger partial charge in [0.25, 0.3) is 0 Å². The topological polar surface area (TPSA) is 26.3 Å². The highest BCUT2D eigenvalue weighted by atomic mass is 16.5. The number of rotatable bonds is 4. The summed E-state index contributed by atoms with van der Waals surface area (Å²) >= 11 is 0. The summed E-state index contributed by atoms with van der Waals surface area (Å²) in [6.07, 6.45) is 7.68. The largest absolute Gasteiger partial charge is 0.465 e. The fraction of sp³-hybridized carbons (Fsp3) is 0.800. The van der Waals surface area contributed by atoms with E-state index in [1.54, 1.807) is 6.42 Å². The number of unbranched alkanes of at least 4 members (excludes halogenated alkanes) is 2. The first kappa shape index (κ1) is 9.56. The second-order valence-corrected chi connectivity index (χ2v) is 3.38. The van der Waals surface area contributed by atoms with E-state index in [1.807, 2.05) is 0 Å². The van der Waals surface area contributed by atoms with Crippen molar-refractivity contribution in [3.8, 4) is 0 Å². The van der Waals surface area contributed by atoms with Gasteiger partial charge >= 0.3 is 5.97 Å². The van der Waals surface area contributed by atoms with Gasteiger partial charge in [0.2, 0.25) is 0 Å². The summed E-state index contributed by atoms with van der Waals surface area (Å²) in [4.78, 5) is 10.8. The summed E-state index contributed by atoms with van der Waals surface area (Å²) in [6.45, 7) is 2.81. The minimum Gasteiger partial charge on any atom is -0.465 e. The van der Waals surface area contributed by atoms with E-state index >= 15 is 0 Å². The van der Waals surface area contributed by atoms with Crippen LogP contribution in [0.4, 0.5) is 0 Å². The summed E-state index contributed by atoms with van der Waals surface area (Å²) in [5, 5.41) is 0. The Morgan fingerprint density at radius 1 is 1.58 bits per heavy atom. The molecule has 1 atom stereocenters. The molecule has 0 bridgehead atoms. The van der Waals surface area contributed by atoms with E-state index in [0.29, 0.717) is 12.5 Å². The Bertz CT molecular complexity index is 143. The molecule has 12 heavy (non-hydrogen) atoms. The van der Waals surface area contributed by atoms with Crippen molar-refractivity contribution in [2.45, 2.75) is 39.0 Å². The molecule has 0 spiro atoms. The Morgan fingerprint density at radius 3 is 3.08 bits per heavy atom. The van der Waals surface area contributed by atoms with Crippen LogP contribution >= 0.6 is 0 Å². The Balaban J connectivity index is 2.10. The molecule has 0 aromatic carbocycles. The maximum absolute atomic E-state index is 10.8. The second kappa shape index (κ2) is 5.18. The van der Waals surface area contributed by atoms with Gasteiger partial charge in [0, 0.05) is 0 Å². The number of hydrogen-bond acceptors (Lipinski definition) is 2. The van der Waals surface area contributed by atoms with E-state index in [0.717, 1.165) is 12.8 Å². The van der Waals surface area contributed by atoms with E-state index < -0.39 is 0 Å². The van der Waals surface area contributed by atoms with Gasteiger partial charge in [-0.15, -0.1) is 0 Å². The van der Waals surface area contributed by atoms with Crippen LogP contribution in [0.2, 0.25) is 0 Å². The molecule has 0 aromatic rings. The van der Waals surface area contributed by atoms with Gasteiger partial charge in [-0.25, -0.2) is 0 Å². The number of carbonyl (C=O) groups excluding carboxylic acids is 1. The van der Waals surface area contributed by atoms with Crippen molar-refractivity contribution in [1.29, 1.82) is 0 Å². The highest BCUT2D eigenvalue weighted by Gasteiger charge is 2.20. The minimum absolute atomic E-state index is 0.122. The van der Waals surface area contributed by atoms with Crippen LogP contribution in [-0.4, -0.2) is 12.6 Å². The SMILES string of the molecule is CCCCCC1[CH]C(=O)OCC1. The molecule has 69 valence electrons. The molecule has 0 saturated carbocycles. The van der Waals surface area contributed by atoms with Crippen LogP contribution < -0.4 is 0 Å². The molecule has 1 aliphatic heterocycles. The van der Waals surface area contributed by atoms with Gasteiger partial charge in [-0.2, -0.15) is 0 Å². The van der Waals surface area contributed by atoms with Gasteiger partial charge < -0.3 is 4.74 Å². The summed E-state index contributed by atoms with van der Waals surface area (Å²) in [5.41, 5.74) is 0. The molecule has 2 nitrogen and oxygen atoms in total. The number of esters is 1. The molecule has 1 saturated heterocycles. The van der Waals surface area contributed by atoms with Crippen molar-refractivity contribution in [3.63, 3.8) is 0 Å². The highest BCUT2D eigenvalue weighted by Crippen LogP contribution is 2.20. The molecule has 0 aliphatic carbocycles. The third-order valence-corrected chi connectivity index (χ3v) is 2.28. The van der Waals surface area contributed by atoms with Crippen molar-refractivity contribution in [2.24, 2.45) is 5.92 Å². The van der Waals surface area contributed by atoms with Crippen LogP contribution in [-0.2, 0) is 9.53 Å². The molecule has 0 N–H and O–H groups in total. The Labute approximate surface area is 74.3 Å². The zero-order chi connectivity index (χ0) is 8.81. The average molecular weight is 169 g/mol. The van der Waals surface area contributed by atoms with Crippen molar-refractivity contribution in [2.75, 3.05) is 6.61 Å². The van der Waals surface area contributed by atoms with E-state index in [2.05, 4.69) is 6.92 Å². The highest BCUT2D eigenvalue weighted by molar-refractivity contribution is 5.79. The Morgan fingerprint density at radius 2 is 2.42 bits per heavy atom. The summed E-state index contributed by atoms with van der Waals surface area (Å²) in [6, 6.07) is 0. The zero-order valence-electron chi connectivity index (χ0n) is 7.71. The van der Waals surface area contributed by atoms with Crippen molar-refractivity contribution in [3.05, 3.63) is 6.42 Å². The first-order valence-corrected chi connectivity index (χ1v) is 4.84. The summed E-state index contributed by atoms with van der Waals surface area (Å²) in [5.74, 6) is 0.362. The smallest absolute Gasteiger partial charge is 0.310 e. The monoisotopic (exact) mass is 169 g/mol. The summed E-state index contributed by atoms with van der Waals surface area (Å²) in [7, 11) is 0. The molecule has 1 rings (SSSR count). The quantitative estimate of drug-likeness (QED) is 0.477. The average Bonchev–Trinajstić information content (AvgIpc) is 2.05. The molecule has 1 aliphatic rings. The molecule has 1 radical (unpaired) electrons. The first-order valence-electron chi connectivity index (χ1n) is 4.84. The van der Waals surface area contributed by atoms with E-state index in [4.69, 9.17) is 4.74 Å². The van der Waals surface area contributed by atoms with Gasteiger partial charge in [0.15, 0.2) is 0 Å². The van der Waals surface area contributed by atoms with Crippen LogP contribution in [0.15, 0.2) is 0 Å². The lowest BCUT2D eigenvalue weighted by Gasteiger charge is -2.20. The van der Waals surface area contributed by atoms with Crippen molar-refractivity contribution in [1.82, 2.24) is 0 Å². The van der Waals surface area contributed by atoms with Gasteiger partial charge in [-0.1, -0.05) is 26.2 Å². The predicted molar refractivity (Wildman–Crippen MR) is 47.5 cm³/mol. The maximum atomic E-state index is 10.8. The lowest BCUT2D eigenvalue weighted by molar-refractivity contribution is -0.143.